The second-order valence-electron chi connectivity index (χ2n) is 6.03. The molecule has 3 nitrogen and oxygen atoms in total. The molecular weight excluding hydrogens is 318 g/mol. The third kappa shape index (κ3) is 2.36. The number of aromatic nitrogens is 3. The van der Waals surface area contributed by atoms with E-state index >= 15 is 0 Å². The molecule has 120 valence electrons. The molecule has 0 bridgehead atoms. The Labute approximate surface area is 145 Å². The van der Waals surface area contributed by atoms with Crippen LogP contribution in [-0.4, -0.2) is 14.5 Å². The molecule has 0 radical (unpaired) electrons. The van der Waals surface area contributed by atoms with E-state index in [2.05, 4.69) is 23.6 Å². The quantitative estimate of drug-likeness (QED) is 0.529. The highest BCUT2D eigenvalue weighted by Crippen LogP contribution is 2.29. The van der Waals surface area contributed by atoms with Crippen LogP contribution < -0.4 is 0 Å². The first-order valence-corrected chi connectivity index (χ1v) is 8.57. The second kappa shape index (κ2) is 5.91. The lowest BCUT2D eigenvalue weighted by atomic mass is 10.1. The van der Waals surface area contributed by atoms with Crippen LogP contribution in [0.25, 0.3) is 22.2 Å². The number of aryl methyl sites for hydroxylation is 2. The van der Waals surface area contributed by atoms with Crippen LogP contribution in [-0.2, 0) is 13.5 Å². The van der Waals surface area contributed by atoms with Crippen molar-refractivity contribution in [2.45, 2.75) is 19.8 Å². The third-order valence-electron chi connectivity index (χ3n) is 4.38. The summed E-state index contributed by atoms with van der Waals surface area (Å²) in [4.78, 5) is 9.72. The van der Waals surface area contributed by atoms with Crippen LogP contribution in [0.4, 0.5) is 0 Å². The fourth-order valence-electron chi connectivity index (χ4n) is 3.16. The van der Waals surface area contributed by atoms with Crippen LogP contribution in [0.2, 0.25) is 5.02 Å². The van der Waals surface area contributed by atoms with Gasteiger partial charge in [-0.05, 0) is 24.6 Å². The third-order valence-corrected chi connectivity index (χ3v) is 4.61. The van der Waals surface area contributed by atoms with Gasteiger partial charge in [-0.25, -0.2) is 9.97 Å². The summed E-state index contributed by atoms with van der Waals surface area (Å²) in [5, 5.41) is 2.76. The van der Waals surface area contributed by atoms with Gasteiger partial charge in [0, 0.05) is 23.0 Å². The summed E-state index contributed by atoms with van der Waals surface area (Å²) in [7, 11) is 2.04. The topological polar surface area (TPSA) is 30.7 Å². The van der Waals surface area contributed by atoms with E-state index in [1.165, 1.54) is 0 Å². The summed E-state index contributed by atoms with van der Waals surface area (Å²) < 4.78 is 2.11. The first-order chi connectivity index (χ1) is 11.7. The van der Waals surface area contributed by atoms with E-state index in [4.69, 9.17) is 21.6 Å². The van der Waals surface area contributed by atoms with Crippen LogP contribution in [0, 0.1) is 10.8 Å². The molecule has 2 heterocycles. The lowest BCUT2D eigenvalue weighted by Gasteiger charge is -2.07. The van der Waals surface area contributed by atoms with E-state index in [0.29, 0.717) is 5.02 Å². The molecule has 2 aromatic carbocycles. The smallest absolute Gasteiger partial charge is 0.161 e. The number of hydrogen-bond donors (Lipinski definition) is 0. The molecule has 0 saturated carbocycles. The summed E-state index contributed by atoms with van der Waals surface area (Å²) in [6.07, 6.45) is 2.02. The summed E-state index contributed by atoms with van der Waals surface area (Å²) >= 11 is 6.28. The lowest BCUT2D eigenvalue weighted by molar-refractivity contribution is 0.758. The average molecular weight is 336 g/mol. The van der Waals surface area contributed by atoms with Crippen LogP contribution in [0.15, 0.2) is 48.5 Å². The molecule has 24 heavy (non-hydrogen) atoms. The van der Waals surface area contributed by atoms with Gasteiger partial charge >= 0.3 is 0 Å². The number of halogens is 1. The highest BCUT2D eigenvalue weighted by Gasteiger charge is 2.14. The van der Waals surface area contributed by atoms with Gasteiger partial charge in [-0.2, -0.15) is 0 Å². The maximum atomic E-state index is 6.28. The van der Waals surface area contributed by atoms with Gasteiger partial charge in [-0.1, -0.05) is 55.3 Å². The van der Waals surface area contributed by atoms with E-state index in [1.54, 1.807) is 0 Å². The van der Waals surface area contributed by atoms with Crippen molar-refractivity contribution in [2.75, 3.05) is 0 Å². The maximum absolute atomic E-state index is 6.28. The number of nitrogens with zero attached hydrogens (tertiary/aromatic N) is 3. The molecular formula is C20H18ClN3. The minimum Gasteiger partial charge on any atom is -0.327 e. The zero-order valence-corrected chi connectivity index (χ0v) is 14.5. The van der Waals surface area contributed by atoms with Crippen LogP contribution in [0.1, 0.15) is 19.0 Å². The monoisotopic (exact) mass is 335 g/mol. The summed E-state index contributed by atoms with van der Waals surface area (Å²) in [6, 6.07) is 16.2. The molecule has 0 fully saturated rings. The minimum atomic E-state index is 0.713. The minimum absolute atomic E-state index is 0.713. The SMILES string of the molecule is CCCc1nc2n(C)c3ccc(Cl)cc3c(-c3ccccc3)nc1=2. The Morgan fingerprint density at radius 3 is 2.58 bits per heavy atom. The first-order valence-electron chi connectivity index (χ1n) is 8.19. The van der Waals surface area contributed by atoms with Crippen molar-refractivity contribution in [3.63, 3.8) is 0 Å². The van der Waals surface area contributed by atoms with E-state index in [-0.39, 0.29) is 0 Å². The molecule has 0 atom stereocenters. The molecule has 4 heteroatoms. The molecule has 0 unspecified atom stereocenters. The molecule has 0 aliphatic carbocycles. The van der Waals surface area contributed by atoms with Crippen molar-refractivity contribution in [1.82, 2.24) is 14.5 Å². The predicted octanol–water partition coefficient (Wildman–Crippen LogP) is 4.97. The number of benzene rings is 2. The highest BCUT2D eigenvalue weighted by atomic mass is 35.5. The average Bonchev–Trinajstić information content (AvgIpc) is 2.67. The van der Waals surface area contributed by atoms with Gasteiger partial charge in [-0.15, -0.1) is 0 Å². The Balaban J connectivity index is 2.18. The van der Waals surface area contributed by atoms with Gasteiger partial charge in [0.1, 0.15) is 5.35 Å². The predicted molar refractivity (Wildman–Crippen MR) is 98.3 cm³/mol. The zero-order chi connectivity index (χ0) is 16.7. The Morgan fingerprint density at radius 1 is 1.04 bits per heavy atom. The Bertz CT molecular complexity index is 1080. The van der Waals surface area contributed by atoms with Gasteiger partial charge in [0.05, 0.1) is 16.9 Å². The second-order valence-corrected chi connectivity index (χ2v) is 6.46. The number of hydrogen-bond acceptors (Lipinski definition) is 2. The van der Waals surface area contributed by atoms with Crippen molar-refractivity contribution in [3.8, 4) is 11.3 Å². The fraction of sp³-hybridized carbons (Fsp3) is 0.200. The van der Waals surface area contributed by atoms with Crippen LogP contribution in [0.5, 0.6) is 0 Å². The Kier molecular flexibility index (Phi) is 3.73. The molecule has 0 aromatic heterocycles. The lowest BCUT2D eigenvalue weighted by Crippen LogP contribution is -2.07. The summed E-state index contributed by atoms with van der Waals surface area (Å²) in [5.74, 6) is 0. The zero-order valence-electron chi connectivity index (χ0n) is 13.8. The van der Waals surface area contributed by atoms with Crippen molar-refractivity contribution in [2.24, 2.45) is 7.05 Å². The Morgan fingerprint density at radius 2 is 1.83 bits per heavy atom. The molecule has 0 spiro atoms. The molecule has 2 aliphatic rings. The highest BCUT2D eigenvalue weighted by molar-refractivity contribution is 6.31. The van der Waals surface area contributed by atoms with E-state index in [0.717, 1.165) is 51.5 Å². The number of fused-ring (bicyclic) bond motifs is 1. The van der Waals surface area contributed by atoms with E-state index < -0.39 is 0 Å². The molecule has 2 aliphatic heterocycles. The standard InChI is InChI=1S/C20H18ClN3/c1-3-7-16-19-20(22-16)24(2)17-11-10-14(21)12-15(17)18(23-19)13-8-5-4-6-9-13/h4-6,8-12H,3,7H2,1-2H3. The normalized spacial score (nSPS) is 11.5. The summed E-state index contributed by atoms with van der Waals surface area (Å²) in [5.41, 5.74) is 5.14. The van der Waals surface area contributed by atoms with Crippen molar-refractivity contribution >= 4 is 22.5 Å². The molecule has 4 rings (SSSR count). The largest absolute Gasteiger partial charge is 0.327 e. The first kappa shape index (κ1) is 15.2. The molecule has 0 N–H and O–H groups in total. The number of rotatable bonds is 3. The van der Waals surface area contributed by atoms with Crippen LogP contribution in [0.3, 0.4) is 0 Å². The maximum Gasteiger partial charge on any atom is 0.161 e. The van der Waals surface area contributed by atoms with Crippen molar-refractivity contribution in [1.29, 1.82) is 0 Å². The summed E-state index contributed by atoms with van der Waals surface area (Å²) in [6.45, 7) is 2.16. The molecule has 0 amide bonds. The molecule has 0 saturated heterocycles. The fourth-order valence-corrected chi connectivity index (χ4v) is 3.33. The van der Waals surface area contributed by atoms with E-state index in [1.807, 2.05) is 43.4 Å². The van der Waals surface area contributed by atoms with Gasteiger partial charge in [0.25, 0.3) is 0 Å². The van der Waals surface area contributed by atoms with Crippen LogP contribution >= 0.6 is 11.6 Å². The van der Waals surface area contributed by atoms with Gasteiger partial charge in [0.15, 0.2) is 5.48 Å². The van der Waals surface area contributed by atoms with E-state index in [9.17, 15) is 0 Å². The van der Waals surface area contributed by atoms with Gasteiger partial charge < -0.3 is 4.57 Å². The van der Waals surface area contributed by atoms with Crippen molar-refractivity contribution in [3.05, 3.63) is 70.1 Å². The van der Waals surface area contributed by atoms with Gasteiger partial charge in [0.2, 0.25) is 0 Å². The molecule has 2 aromatic rings. The van der Waals surface area contributed by atoms with Crippen molar-refractivity contribution < 1.29 is 0 Å². The van der Waals surface area contributed by atoms with Gasteiger partial charge in [-0.3, -0.25) is 0 Å². The Hall–Kier alpha value is -2.39.